The molecule has 0 aliphatic carbocycles. The van der Waals surface area contributed by atoms with Crippen molar-refractivity contribution in [2.45, 2.75) is 0 Å². The molecule has 0 fully saturated rings. The van der Waals surface area contributed by atoms with E-state index in [4.69, 9.17) is 21.2 Å². The summed E-state index contributed by atoms with van der Waals surface area (Å²) in [5, 5.41) is 12.6. The molecule has 6 heteroatoms. The third kappa shape index (κ3) is 5.74. The second kappa shape index (κ2) is 9.39. The molecule has 0 saturated heterocycles. The molecule has 0 radical (unpaired) electrons. The van der Waals surface area contributed by atoms with Crippen molar-refractivity contribution in [3.8, 4) is 29.9 Å². The molecule has 2 aromatic rings. The lowest BCUT2D eigenvalue weighted by atomic mass is 10.2. The molecule has 6 nitrogen and oxygen atoms in total. The minimum absolute atomic E-state index is 0.148. The predicted octanol–water partition coefficient (Wildman–Crippen LogP) is 2.10. The van der Waals surface area contributed by atoms with Gasteiger partial charge in [0, 0.05) is 5.56 Å². The fourth-order valence-electron chi connectivity index (χ4n) is 1.82. The zero-order valence-corrected chi connectivity index (χ0v) is 13.3. The van der Waals surface area contributed by atoms with Crippen molar-refractivity contribution in [3.05, 3.63) is 59.7 Å². The van der Waals surface area contributed by atoms with Crippen LogP contribution in [0.25, 0.3) is 0 Å². The molecular formula is C19H15N3O3. The number of nitriles is 1. The summed E-state index contributed by atoms with van der Waals surface area (Å²) >= 11 is 0. The van der Waals surface area contributed by atoms with Crippen molar-refractivity contribution in [1.82, 2.24) is 5.43 Å². The van der Waals surface area contributed by atoms with Gasteiger partial charge in [-0.25, -0.2) is 5.43 Å². The van der Waals surface area contributed by atoms with Gasteiger partial charge in [-0.3, -0.25) is 4.79 Å². The number of hydrogen-bond acceptors (Lipinski definition) is 5. The van der Waals surface area contributed by atoms with Crippen LogP contribution in [0.2, 0.25) is 0 Å². The molecule has 2 rings (SSSR count). The largest absolute Gasteiger partial charge is 0.484 e. The molecule has 0 heterocycles. The fraction of sp³-hybridized carbons (Fsp3) is 0.105. The lowest BCUT2D eigenvalue weighted by Crippen LogP contribution is -2.24. The van der Waals surface area contributed by atoms with Crippen molar-refractivity contribution >= 4 is 12.1 Å². The average Bonchev–Trinajstić information content (AvgIpc) is 2.66. The minimum atomic E-state index is -0.414. The monoisotopic (exact) mass is 333 g/mol. The Morgan fingerprint density at radius 1 is 1.20 bits per heavy atom. The molecule has 0 aliphatic heterocycles. The number of hydrazone groups is 1. The first-order valence-electron chi connectivity index (χ1n) is 7.33. The maximum atomic E-state index is 11.7. The van der Waals surface area contributed by atoms with Crippen LogP contribution in [-0.4, -0.2) is 25.3 Å². The predicted molar refractivity (Wildman–Crippen MR) is 93.2 cm³/mol. The molecule has 0 saturated carbocycles. The van der Waals surface area contributed by atoms with Crippen LogP contribution in [0.15, 0.2) is 53.6 Å². The summed E-state index contributed by atoms with van der Waals surface area (Å²) in [6, 6.07) is 15.6. The van der Waals surface area contributed by atoms with Crippen molar-refractivity contribution in [2.75, 3.05) is 13.2 Å². The van der Waals surface area contributed by atoms with Gasteiger partial charge in [0.25, 0.3) is 5.91 Å². The van der Waals surface area contributed by atoms with Crippen molar-refractivity contribution in [3.63, 3.8) is 0 Å². The SMILES string of the molecule is C#CCOc1ccccc1/C=N\NC(=O)COc1ccc(C#N)cc1. The summed E-state index contributed by atoms with van der Waals surface area (Å²) in [6.07, 6.45) is 6.63. The van der Waals surface area contributed by atoms with E-state index in [0.717, 1.165) is 0 Å². The summed E-state index contributed by atoms with van der Waals surface area (Å²) < 4.78 is 10.7. The van der Waals surface area contributed by atoms with Crippen molar-refractivity contribution in [2.24, 2.45) is 5.10 Å². The molecule has 0 atom stereocenters. The van der Waals surface area contributed by atoms with Crippen LogP contribution < -0.4 is 14.9 Å². The van der Waals surface area contributed by atoms with Gasteiger partial charge < -0.3 is 9.47 Å². The second-order valence-electron chi connectivity index (χ2n) is 4.75. The van der Waals surface area contributed by atoms with E-state index >= 15 is 0 Å². The van der Waals surface area contributed by atoms with Gasteiger partial charge in [-0.15, -0.1) is 6.42 Å². The highest BCUT2D eigenvalue weighted by Crippen LogP contribution is 2.15. The second-order valence-corrected chi connectivity index (χ2v) is 4.75. The van der Waals surface area contributed by atoms with Gasteiger partial charge >= 0.3 is 0 Å². The summed E-state index contributed by atoms with van der Waals surface area (Å²) in [5.41, 5.74) is 3.57. The maximum absolute atomic E-state index is 11.7. The average molecular weight is 333 g/mol. The smallest absolute Gasteiger partial charge is 0.277 e. The minimum Gasteiger partial charge on any atom is -0.484 e. The quantitative estimate of drug-likeness (QED) is 0.478. The molecule has 2 aromatic carbocycles. The van der Waals surface area contributed by atoms with Gasteiger partial charge in [0.05, 0.1) is 17.8 Å². The highest BCUT2D eigenvalue weighted by Gasteiger charge is 2.03. The Hall–Kier alpha value is -3.77. The number of nitrogens with one attached hydrogen (secondary N) is 1. The zero-order valence-electron chi connectivity index (χ0n) is 13.3. The van der Waals surface area contributed by atoms with E-state index in [1.807, 2.05) is 18.2 Å². The van der Waals surface area contributed by atoms with E-state index in [9.17, 15) is 4.79 Å². The van der Waals surface area contributed by atoms with Gasteiger partial charge in [-0.1, -0.05) is 18.1 Å². The molecule has 0 aromatic heterocycles. The number of nitrogens with zero attached hydrogens (tertiary/aromatic N) is 2. The Labute approximate surface area is 145 Å². The van der Waals surface area contributed by atoms with Crippen LogP contribution >= 0.6 is 0 Å². The van der Waals surface area contributed by atoms with Crippen LogP contribution in [0.1, 0.15) is 11.1 Å². The summed E-state index contributed by atoms with van der Waals surface area (Å²) in [5.74, 6) is 3.04. The number of para-hydroxylation sites is 1. The molecule has 25 heavy (non-hydrogen) atoms. The number of carbonyl (C=O) groups excluding carboxylic acids is 1. The van der Waals surface area contributed by atoms with E-state index in [1.165, 1.54) is 6.21 Å². The molecule has 1 N–H and O–H groups in total. The van der Waals surface area contributed by atoms with E-state index in [-0.39, 0.29) is 13.2 Å². The highest BCUT2D eigenvalue weighted by molar-refractivity contribution is 5.85. The van der Waals surface area contributed by atoms with Crippen LogP contribution in [0.4, 0.5) is 0 Å². The Kier molecular flexibility index (Phi) is 6.60. The standard InChI is InChI=1S/C19H15N3O3/c1-2-11-24-18-6-4-3-5-16(18)13-21-22-19(23)14-25-17-9-7-15(12-20)8-10-17/h1,3-10,13H,11,14H2,(H,22,23)/b21-13-. The van der Waals surface area contributed by atoms with Crippen LogP contribution in [-0.2, 0) is 4.79 Å². The Balaban J connectivity index is 1.84. The number of ether oxygens (including phenoxy) is 2. The number of terminal acetylenes is 1. The van der Waals surface area contributed by atoms with Gasteiger partial charge in [0.15, 0.2) is 6.61 Å². The zero-order chi connectivity index (χ0) is 17.9. The molecule has 124 valence electrons. The normalized spacial score (nSPS) is 9.84. The van der Waals surface area contributed by atoms with E-state index in [2.05, 4.69) is 16.4 Å². The van der Waals surface area contributed by atoms with Crippen molar-refractivity contribution in [1.29, 1.82) is 5.26 Å². The van der Waals surface area contributed by atoms with E-state index in [1.54, 1.807) is 36.4 Å². The Morgan fingerprint density at radius 2 is 1.96 bits per heavy atom. The first-order valence-corrected chi connectivity index (χ1v) is 7.33. The molecule has 0 unspecified atom stereocenters. The number of benzene rings is 2. The third-order valence-electron chi connectivity index (χ3n) is 2.98. The Morgan fingerprint density at radius 3 is 2.68 bits per heavy atom. The fourth-order valence-corrected chi connectivity index (χ4v) is 1.82. The van der Waals surface area contributed by atoms with Crippen molar-refractivity contribution < 1.29 is 14.3 Å². The topological polar surface area (TPSA) is 83.7 Å². The molecule has 0 spiro atoms. The van der Waals surface area contributed by atoms with Crippen LogP contribution in [0.3, 0.4) is 0 Å². The molecule has 0 aliphatic rings. The summed E-state index contributed by atoms with van der Waals surface area (Å²) in [6.45, 7) is -0.0475. The molecular weight excluding hydrogens is 318 g/mol. The summed E-state index contributed by atoms with van der Waals surface area (Å²) in [7, 11) is 0. The van der Waals surface area contributed by atoms with Gasteiger partial charge in [0.2, 0.25) is 0 Å². The van der Waals surface area contributed by atoms with Gasteiger partial charge in [-0.2, -0.15) is 10.4 Å². The third-order valence-corrected chi connectivity index (χ3v) is 2.98. The lowest BCUT2D eigenvalue weighted by molar-refractivity contribution is -0.123. The van der Waals surface area contributed by atoms with Gasteiger partial charge in [-0.05, 0) is 36.4 Å². The van der Waals surface area contributed by atoms with Gasteiger partial charge in [0.1, 0.15) is 18.1 Å². The highest BCUT2D eigenvalue weighted by atomic mass is 16.5. The first kappa shape index (κ1) is 17.6. The molecule has 0 bridgehead atoms. The van der Waals surface area contributed by atoms with E-state index in [0.29, 0.717) is 22.6 Å². The van der Waals surface area contributed by atoms with Crippen LogP contribution in [0, 0.1) is 23.7 Å². The molecule has 1 amide bonds. The first-order chi connectivity index (χ1) is 12.2. The number of rotatable bonds is 7. The van der Waals surface area contributed by atoms with E-state index < -0.39 is 5.91 Å². The number of carbonyl (C=O) groups is 1. The number of hydrogen-bond donors (Lipinski definition) is 1. The number of amides is 1. The lowest BCUT2D eigenvalue weighted by Gasteiger charge is -2.06. The summed E-state index contributed by atoms with van der Waals surface area (Å²) in [4.78, 5) is 11.7. The maximum Gasteiger partial charge on any atom is 0.277 e. The Bertz CT molecular complexity index is 830. The van der Waals surface area contributed by atoms with Crippen LogP contribution in [0.5, 0.6) is 11.5 Å².